The molecule has 0 saturated carbocycles. The Balaban J connectivity index is 1.41. The van der Waals surface area contributed by atoms with Gasteiger partial charge in [0, 0.05) is 18.7 Å². The number of nitrogens with one attached hydrogen (secondary N) is 3. The van der Waals surface area contributed by atoms with Crippen LogP contribution in [0.15, 0.2) is 72.8 Å². The van der Waals surface area contributed by atoms with Crippen molar-refractivity contribution in [3.8, 4) is 0 Å². The zero-order valence-corrected chi connectivity index (χ0v) is 22.2. The minimum atomic E-state index is -0.868. The van der Waals surface area contributed by atoms with Crippen molar-refractivity contribution in [3.63, 3.8) is 0 Å². The molecule has 39 heavy (non-hydrogen) atoms. The van der Waals surface area contributed by atoms with Crippen molar-refractivity contribution >= 4 is 40.1 Å². The number of rotatable bonds is 9. The van der Waals surface area contributed by atoms with Gasteiger partial charge in [0.25, 0.3) is 0 Å². The van der Waals surface area contributed by atoms with Crippen molar-refractivity contribution < 1.29 is 19.2 Å². The SMILES string of the molecule is C[C@H](N)C(=O)N[C@@H](Cc1ccccc1)C(=O)N1CCC[C@H]1C(=O)N[C@@H](C)C(=O)Nc1ccc2ccccc2c1. The summed E-state index contributed by atoms with van der Waals surface area (Å²) < 4.78 is 0. The van der Waals surface area contributed by atoms with Crippen molar-refractivity contribution in [1.82, 2.24) is 15.5 Å². The molecule has 3 aromatic carbocycles. The van der Waals surface area contributed by atoms with E-state index in [0.29, 0.717) is 25.1 Å². The number of hydrogen-bond donors (Lipinski definition) is 4. The Hall–Kier alpha value is -4.24. The largest absolute Gasteiger partial charge is 0.343 e. The highest BCUT2D eigenvalue weighted by molar-refractivity contribution is 6.00. The molecule has 1 fully saturated rings. The first-order chi connectivity index (χ1) is 18.7. The molecule has 9 heteroatoms. The molecule has 4 atom stereocenters. The molecule has 1 aliphatic rings. The van der Waals surface area contributed by atoms with Crippen LogP contribution in [0, 0.1) is 0 Å². The van der Waals surface area contributed by atoms with Crippen LogP contribution in [-0.4, -0.2) is 59.2 Å². The summed E-state index contributed by atoms with van der Waals surface area (Å²) in [5.41, 5.74) is 7.24. The number of likely N-dealkylation sites (tertiary alicyclic amines) is 1. The quantitative estimate of drug-likeness (QED) is 0.338. The molecule has 4 rings (SSSR count). The standard InChI is InChI=1S/C30H35N5O4/c1-19(31)27(36)34-25(17-21-9-4-3-5-10-21)30(39)35-16-8-13-26(35)29(38)32-20(2)28(37)33-24-15-14-22-11-6-7-12-23(22)18-24/h3-7,9-12,14-15,18-20,25-26H,8,13,16-17,31H2,1-2H3,(H,32,38)(H,33,37)(H,34,36)/t19-,20-,25-,26-/m0/s1. The third kappa shape index (κ3) is 7.00. The van der Waals surface area contributed by atoms with E-state index in [4.69, 9.17) is 5.73 Å². The first-order valence-corrected chi connectivity index (χ1v) is 13.2. The number of benzene rings is 3. The highest BCUT2D eigenvalue weighted by Gasteiger charge is 2.38. The van der Waals surface area contributed by atoms with Crippen LogP contribution < -0.4 is 21.7 Å². The molecule has 0 unspecified atom stereocenters. The lowest BCUT2D eigenvalue weighted by atomic mass is 10.0. The molecule has 204 valence electrons. The Bertz CT molecular complexity index is 1340. The molecular weight excluding hydrogens is 494 g/mol. The summed E-state index contributed by atoms with van der Waals surface area (Å²) in [6.45, 7) is 3.54. The van der Waals surface area contributed by atoms with Gasteiger partial charge in [-0.25, -0.2) is 0 Å². The second-order valence-electron chi connectivity index (χ2n) is 10.0. The molecule has 0 radical (unpaired) electrons. The van der Waals surface area contributed by atoms with Gasteiger partial charge in [-0.05, 0) is 55.2 Å². The Morgan fingerprint density at radius 1 is 0.897 bits per heavy atom. The van der Waals surface area contributed by atoms with Gasteiger partial charge in [-0.1, -0.05) is 60.7 Å². The van der Waals surface area contributed by atoms with E-state index in [-0.39, 0.29) is 18.2 Å². The number of nitrogens with two attached hydrogens (primary N) is 1. The van der Waals surface area contributed by atoms with Crippen molar-refractivity contribution in [2.75, 3.05) is 11.9 Å². The number of fused-ring (bicyclic) bond motifs is 1. The number of carbonyl (C=O) groups excluding carboxylic acids is 4. The maximum atomic E-state index is 13.6. The molecule has 1 heterocycles. The zero-order valence-electron chi connectivity index (χ0n) is 22.2. The molecule has 3 aromatic rings. The van der Waals surface area contributed by atoms with Crippen LogP contribution in [0.2, 0.25) is 0 Å². The second-order valence-corrected chi connectivity index (χ2v) is 10.0. The van der Waals surface area contributed by atoms with Gasteiger partial charge in [-0.15, -0.1) is 0 Å². The van der Waals surface area contributed by atoms with E-state index in [9.17, 15) is 19.2 Å². The monoisotopic (exact) mass is 529 g/mol. The lowest BCUT2D eigenvalue weighted by Crippen LogP contribution is -2.57. The average molecular weight is 530 g/mol. The predicted octanol–water partition coefficient (Wildman–Crippen LogP) is 2.35. The first kappa shape index (κ1) is 27.8. The molecule has 9 nitrogen and oxygen atoms in total. The van der Waals surface area contributed by atoms with E-state index in [2.05, 4.69) is 16.0 Å². The maximum absolute atomic E-state index is 13.6. The van der Waals surface area contributed by atoms with Crippen molar-refractivity contribution in [1.29, 1.82) is 0 Å². The van der Waals surface area contributed by atoms with E-state index in [1.807, 2.05) is 72.8 Å². The van der Waals surface area contributed by atoms with E-state index in [1.165, 1.54) is 4.90 Å². The van der Waals surface area contributed by atoms with Crippen LogP contribution >= 0.6 is 0 Å². The number of carbonyl (C=O) groups is 4. The summed E-state index contributed by atoms with van der Waals surface area (Å²) in [6, 6.07) is 19.6. The average Bonchev–Trinajstić information content (AvgIpc) is 3.43. The van der Waals surface area contributed by atoms with Gasteiger partial charge in [0.2, 0.25) is 23.6 Å². The van der Waals surface area contributed by atoms with Gasteiger partial charge in [-0.2, -0.15) is 0 Å². The number of amides is 4. The molecule has 0 aromatic heterocycles. The fourth-order valence-electron chi connectivity index (χ4n) is 4.75. The summed E-state index contributed by atoms with van der Waals surface area (Å²) in [5, 5.41) is 10.4. The van der Waals surface area contributed by atoms with Crippen LogP contribution in [0.25, 0.3) is 10.8 Å². The summed E-state index contributed by atoms with van der Waals surface area (Å²) in [6.07, 6.45) is 1.38. The van der Waals surface area contributed by atoms with E-state index < -0.39 is 36.0 Å². The fourth-order valence-corrected chi connectivity index (χ4v) is 4.75. The molecule has 4 amide bonds. The van der Waals surface area contributed by atoms with Crippen LogP contribution in [0.5, 0.6) is 0 Å². The van der Waals surface area contributed by atoms with Gasteiger partial charge in [0.05, 0.1) is 6.04 Å². The van der Waals surface area contributed by atoms with Crippen LogP contribution in [0.4, 0.5) is 5.69 Å². The molecular formula is C30H35N5O4. The third-order valence-corrected chi connectivity index (χ3v) is 6.92. The van der Waals surface area contributed by atoms with Gasteiger partial charge in [-0.3, -0.25) is 19.2 Å². The Morgan fingerprint density at radius 2 is 1.59 bits per heavy atom. The number of anilines is 1. The van der Waals surface area contributed by atoms with Gasteiger partial charge >= 0.3 is 0 Å². The molecule has 1 saturated heterocycles. The van der Waals surface area contributed by atoms with Crippen LogP contribution in [0.3, 0.4) is 0 Å². The lowest BCUT2D eigenvalue weighted by molar-refractivity contribution is -0.142. The molecule has 0 aliphatic carbocycles. The van der Waals surface area contributed by atoms with Crippen LogP contribution in [0.1, 0.15) is 32.3 Å². The van der Waals surface area contributed by atoms with Crippen molar-refractivity contribution in [2.24, 2.45) is 5.73 Å². The normalized spacial score (nSPS) is 17.2. The first-order valence-electron chi connectivity index (χ1n) is 13.2. The fraction of sp³-hybridized carbons (Fsp3) is 0.333. The summed E-state index contributed by atoms with van der Waals surface area (Å²) in [7, 11) is 0. The van der Waals surface area contributed by atoms with E-state index in [0.717, 1.165) is 16.3 Å². The van der Waals surface area contributed by atoms with E-state index >= 15 is 0 Å². The number of hydrogen-bond acceptors (Lipinski definition) is 5. The molecule has 5 N–H and O–H groups in total. The van der Waals surface area contributed by atoms with Crippen molar-refractivity contribution in [3.05, 3.63) is 78.4 Å². The minimum absolute atomic E-state index is 0.271. The predicted molar refractivity (Wildman–Crippen MR) is 151 cm³/mol. The van der Waals surface area contributed by atoms with Crippen molar-refractivity contribution in [2.45, 2.75) is 57.3 Å². The second kappa shape index (κ2) is 12.5. The highest BCUT2D eigenvalue weighted by atomic mass is 16.2. The van der Waals surface area contributed by atoms with Gasteiger partial charge in [0.15, 0.2) is 0 Å². The van der Waals surface area contributed by atoms with Crippen LogP contribution in [-0.2, 0) is 25.6 Å². The van der Waals surface area contributed by atoms with E-state index in [1.54, 1.807) is 13.8 Å². The molecule has 1 aliphatic heterocycles. The molecule has 0 bridgehead atoms. The Labute approximate surface area is 228 Å². The minimum Gasteiger partial charge on any atom is -0.343 e. The Morgan fingerprint density at radius 3 is 2.31 bits per heavy atom. The number of nitrogens with zero attached hydrogens (tertiary/aromatic N) is 1. The topological polar surface area (TPSA) is 134 Å². The highest BCUT2D eigenvalue weighted by Crippen LogP contribution is 2.21. The summed E-state index contributed by atoms with van der Waals surface area (Å²) in [5.74, 6) is -1.55. The zero-order chi connectivity index (χ0) is 27.9. The molecule has 0 spiro atoms. The Kier molecular flexibility index (Phi) is 8.93. The summed E-state index contributed by atoms with van der Waals surface area (Å²) in [4.78, 5) is 53.6. The lowest BCUT2D eigenvalue weighted by Gasteiger charge is -2.30. The third-order valence-electron chi connectivity index (χ3n) is 6.92. The maximum Gasteiger partial charge on any atom is 0.246 e. The summed E-state index contributed by atoms with van der Waals surface area (Å²) >= 11 is 0. The smallest absolute Gasteiger partial charge is 0.246 e. The van der Waals surface area contributed by atoms with Gasteiger partial charge in [0.1, 0.15) is 18.1 Å². The van der Waals surface area contributed by atoms with Gasteiger partial charge < -0.3 is 26.6 Å².